The Hall–Kier alpha value is -3.64. The Morgan fingerprint density at radius 3 is 2.19 bits per heavy atom. The first-order valence-electron chi connectivity index (χ1n) is 8.39. The average molecular weight is 336 g/mol. The molecule has 3 nitrogen and oxygen atoms in total. The van der Waals surface area contributed by atoms with E-state index in [0.29, 0.717) is 11.3 Å². The van der Waals surface area contributed by atoms with E-state index in [0.717, 1.165) is 33.5 Å². The van der Waals surface area contributed by atoms with Gasteiger partial charge in [0, 0.05) is 10.9 Å². The largest absolute Gasteiger partial charge is 0.457 e. The molecule has 0 radical (unpaired) electrons. The molecule has 1 aromatic heterocycles. The van der Waals surface area contributed by atoms with Crippen LogP contribution in [0.15, 0.2) is 78.9 Å². The lowest BCUT2D eigenvalue weighted by atomic mass is 9.98. The molecular weight excluding hydrogens is 320 g/mol. The van der Waals surface area contributed by atoms with Gasteiger partial charge in [0.2, 0.25) is 0 Å². The fourth-order valence-corrected chi connectivity index (χ4v) is 3.03. The van der Waals surface area contributed by atoms with Gasteiger partial charge in [-0.1, -0.05) is 36.4 Å². The van der Waals surface area contributed by atoms with E-state index in [2.05, 4.69) is 6.07 Å². The summed E-state index contributed by atoms with van der Waals surface area (Å²) in [4.78, 5) is 4.73. The van der Waals surface area contributed by atoms with Crippen molar-refractivity contribution in [3.63, 3.8) is 0 Å². The fourth-order valence-electron chi connectivity index (χ4n) is 3.03. The van der Waals surface area contributed by atoms with Gasteiger partial charge in [0.1, 0.15) is 17.6 Å². The molecule has 0 unspecified atom stereocenters. The molecule has 26 heavy (non-hydrogen) atoms. The molecule has 0 amide bonds. The van der Waals surface area contributed by atoms with Crippen molar-refractivity contribution in [2.75, 3.05) is 0 Å². The lowest BCUT2D eigenvalue weighted by molar-refractivity contribution is 0.483. The smallest absolute Gasteiger partial charge is 0.127 e. The maximum absolute atomic E-state index is 9.65. The zero-order valence-corrected chi connectivity index (χ0v) is 14.3. The molecule has 4 rings (SSSR count). The van der Waals surface area contributed by atoms with Crippen LogP contribution in [0, 0.1) is 18.3 Å². The predicted molar refractivity (Wildman–Crippen MR) is 103 cm³/mol. The third-order valence-corrected chi connectivity index (χ3v) is 4.37. The monoisotopic (exact) mass is 336 g/mol. The van der Waals surface area contributed by atoms with Crippen LogP contribution < -0.4 is 4.74 Å². The molecular formula is C23H16N2O. The number of aryl methyl sites for hydroxylation is 1. The van der Waals surface area contributed by atoms with Crippen LogP contribution >= 0.6 is 0 Å². The Morgan fingerprint density at radius 1 is 0.808 bits per heavy atom. The van der Waals surface area contributed by atoms with Gasteiger partial charge in [0.15, 0.2) is 0 Å². The van der Waals surface area contributed by atoms with E-state index >= 15 is 0 Å². The third kappa shape index (κ3) is 2.89. The number of fused-ring (bicyclic) bond motifs is 1. The van der Waals surface area contributed by atoms with Gasteiger partial charge in [-0.25, -0.2) is 4.98 Å². The van der Waals surface area contributed by atoms with Crippen LogP contribution in [0.25, 0.3) is 22.2 Å². The Bertz CT molecular complexity index is 1110. The van der Waals surface area contributed by atoms with Crippen molar-refractivity contribution in [3.8, 4) is 28.8 Å². The standard InChI is InChI=1S/C23H16N2O/c1-16-20-9-5-6-10-22(20)25-23(21(16)15-24)17-11-13-19(14-12-17)26-18-7-3-2-4-8-18/h2-14H,1H3. The van der Waals surface area contributed by atoms with Gasteiger partial charge in [-0.05, 0) is 55.0 Å². The molecule has 0 fully saturated rings. The third-order valence-electron chi connectivity index (χ3n) is 4.37. The minimum Gasteiger partial charge on any atom is -0.457 e. The molecule has 0 saturated heterocycles. The van der Waals surface area contributed by atoms with Gasteiger partial charge in [-0.2, -0.15) is 5.26 Å². The zero-order chi connectivity index (χ0) is 17.9. The SMILES string of the molecule is Cc1c(C#N)c(-c2ccc(Oc3ccccc3)cc2)nc2ccccc12. The Labute approximate surface area is 152 Å². The summed E-state index contributed by atoms with van der Waals surface area (Å²) in [6.45, 7) is 1.97. The van der Waals surface area contributed by atoms with Gasteiger partial charge in [-0.3, -0.25) is 0 Å². The molecule has 0 spiro atoms. The van der Waals surface area contributed by atoms with E-state index in [9.17, 15) is 5.26 Å². The molecule has 1 heterocycles. The first-order chi connectivity index (χ1) is 12.8. The van der Waals surface area contributed by atoms with Crippen molar-refractivity contribution >= 4 is 10.9 Å². The molecule has 0 atom stereocenters. The van der Waals surface area contributed by atoms with Crippen molar-refractivity contribution in [1.82, 2.24) is 4.98 Å². The molecule has 0 aliphatic heterocycles. The topological polar surface area (TPSA) is 45.9 Å². The van der Waals surface area contributed by atoms with Crippen molar-refractivity contribution in [3.05, 3.63) is 90.0 Å². The fraction of sp³-hybridized carbons (Fsp3) is 0.0435. The molecule has 3 heteroatoms. The van der Waals surface area contributed by atoms with Crippen molar-refractivity contribution in [2.45, 2.75) is 6.92 Å². The number of aromatic nitrogens is 1. The maximum atomic E-state index is 9.65. The number of ether oxygens (including phenoxy) is 1. The summed E-state index contributed by atoms with van der Waals surface area (Å²) < 4.78 is 5.83. The molecule has 124 valence electrons. The first-order valence-corrected chi connectivity index (χ1v) is 8.39. The minimum atomic E-state index is 0.612. The number of para-hydroxylation sites is 2. The summed E-state index contributed by atoms with van der Waals surface area (Å²) in [6.07, 6.45) is 0. The van der Waals surface area contributed by atoms with E-state index in [-0.39, 0.29) is 0 Å². The molecule has 3 aromatic carbocycles. The van der Waals surface area contributed by atoms with Gasteiger partial charge in [0.05, 0.1) is 16.8 Å². The van der Waals surface area contributed by atoms with Crippen LogP contribution in [0.2, 0.25) is 0 Å². The normalized spacial score (nSPS) is 10.5. The number of pyridine rings is 1. The summed E-state index contributed by atoms with van der Waals surface area (Å²) in [5.74, 6) is 1.54. The number of rotatable bonds is 3. The molecule has 0 aliphatic carbocycles. The van der Waals surface area contributed by atoms with E-state index in [1.165, 1.54) is 0 Å². The second-order valence-electron chi connectivity index (χ2n) is 6.03. The lowest BCUT2D eigenvalue weighted by Crippen LogP contribution is -1.95. The Morgan fingerprint density at radius 2 is 1.46 bits per heavy atom. The van der Waals surface area contributed by atoms with E-state index in [1.807, 2.05) is 85.8 Å². The molecule has 0 bridgehead atoms. The van der Waals surface area contributed by atoms with Gasteiger partial charge >= 0.3 is 0 Å². The van der Waals surface area contributed by atoms with Crippen LogP contribution in [-0.4, -0.2) is 4.98 Å². The molecule has 0 N–H and O–H groups in total. The van der Waals surface area contributed by atoms with Gasteiger partial charge < -0.3 is 4.74 Å². The second kappa shape index (κ2) is 6.70. The van der Waals surface area contributed by atoms with Gasteiger partial charge in [0.25, 0.3) is 0 Å². The van der Waals surface area contributed by atoms with Crippen LogP contribution in [-0.2, 0) is 0 Å². The Balaban J connectivity index is 1.75. The van der Waals surface area contributed by atoms with Crippen molar-refractivity contribution < 1.29 is 4.74 Å². The summed E-state index contributed by atoms with van der Waals surface area (Å²) in [5.41, 5.74) is 4.06. The summed E-state index contributed by atoms with van der Waals surface area (Å²) in [6, 6.07) is 27.5. The number of benzene rings is 3. The molecule has 0 saturated carbocycles. The summed E-state index contributed by atoms with van der Waals surface area (Å²) >= 11 is 0. The van der Waals surface area contributed by atoms with E-state index in [1.54, 1.807) is 0 Å². The van der Waals surface area contributed by atoms with Crippen molar-refractivity contribution in [2.24, 2.45) is 0 Å². The highest BCUT2D eigenvalue weighted by Gasteiger charge is 2.13. The molecule has 4 aromatic rings. The summed E-state index contributed by atoms with van der Waals surface area (Å²) in [5, 5.41) is 10.7. The number of nitrogens with zero attached hydrogens (tertiary/aromatic N) is 2. The number of nitriles is 1. The molecule has 0 aliphatic rings. The van der Waals surface area contributed by atoms with E-state index < -0.39 is 0 Å². The predicted octanol–water partition coefficient (Wildman–Crippen LogP) is 5.87. The maximum Gasteiger partial charge on any atom is 0.127 e. The summed E-state index contributed by atoms with van der Waals surface area (Å²) in [7, 11) is 0. The highest BCUT2D eigenvalue weighted by Crippen LogP contribution is 2.31. The Kier molecular flexibility index (Phi) is 4.09. The quantitative estimate of drug-likeness (QED) is 0.470. The van der Waals surface area contributed by atoms with E-state index in [4.69, 9.17) is 9.72 Å². The second-order valence-corrected chi connectivity index (χ2v) is 6.03. The van der Waals surface area contributed by atoms with Crippen LogP contribution in [0.1, 0.15) is 11.1 Å². The van der Waals surface area contributed by atoms with Crippen molar-refractivity contribution in [1.29, 1.82) is 5.26 Å². The lowest BCUT2D eigenvalue weighted by Gasteiger charge is -2.11. The number of hydrogen-bond donors (Lipinski definition) is 0. The van der Waals surface area contributed by atoms with Crippen LogP contribution in [0.3, 0.4) is 0 Å². The average Bonchev–Trinajstić information content (AvgIpc) is 2.69. The highest BCUT2D eigenvalue weighted by atomic mass is 16.5. The highest BCUT2D eigenvalue weighted by molar-refractivity contribution is 5.88. The van der Waals surface area contributed by atoms with Gasteiger partial charge in [-0.15, -0.1) is 0 Å². The number of hydrogen-bond acceptors (Lipinski definition) is 3. The first kappa shape index (κ1) is 15.9. The minimum absolute atomic E-state index is 0.612. The van der Waals surface area contributed by atoms with Crippen LogP contribution in [0.4, 0.5) is 0 Å². The van der Waals surface area contributed by atoms with Crippen LogP contribution in [0.5, 0.6) is 11.5 Å². The zero-order valence-electron chi connectivity index (χ0n) is 14.3.